The molecule has 3 aliphatic rings. The minimum Gasteiger partial charge on any atom is -0.343 e. The van der Waals surface area contributed by atoms with Crippen LogP contribution in [-0.2, 0) is 15.3 Å². The number of rotatable bonds is 2. The lowest BCUT2D eigenvalue weighted by Gasteiger charge is -2.30. The predicted molar refractivity (Wildman–Crippen MR) is 76.7 cm³/mol. The van der Waals surface area contributed by atoms with Crippen molar-refractivity contribution in [3.63, 3.8) is 0 Å². The maximum atomic E-state index is 5.99. The van der Waals surface area contributed by atoms with E-state index in [4.69, 9.17) is 9.47 Å². The van der Waals surface area contributed by atoms with Gasteiger partial charge in [-0.1, -0.05) is 24.3 Å². The number of nitrogens with zero attached hydrogens (tertiary/aromatic N) is 1. The van der Waals surface area contributed by atoms with E-state index in [9.17, 15) is 0 Å². The summed E-state index contributed by atoms with van der Waals surface area (Å²) in [5.74, 6) is 0.0809. The largest absolute Gasteiger partial charge is 0.343 e. The van der Waals surface area contributed by atoms with Crippen molar-refractivity contribution in [3.8, 4) is 0 Å². The van der Waals surface area contributed by atoms with Crippen molar-refractivity contribution in [2.45, 2.75) is 18.1 Å². The first-order chi connectivity index (χ1) is 9.87. The summed E-state index contributed by atoms with van der Waals surface area (Å²) < 4.78 is 12.0. The van der Waals surface area contributed by atoms with E-state index >= 15 is 0 Å². The van der Waals surface area contributed by atoms with Gasteiger partial charge < -0.3 is 19.7 Å². The van der Waals surface area contributed by atoms with Gasteiger partial charge in [0.15, 0.2) is 5.79 Å². The fraction of sp³-hybridized carbons (Fsp3) is 0.625. The van der Waals surface area contributed by atoms with Crippen molar-refractivity contribution in [2.24, 2.45) is 0 Å². The van der Waals surface area contributed by atoms with Crippen molar-refractivity contribution in [1.82, 2.24) is 10.2 Å². The number of fused-ring (bicyclic) bond motifs is 2. The third-order valence-electron chi connectivity index (χ3n) is 4.77. The van der Waals surface area contributed by atoms with Gasteiger partial charge in [0.2, 0.25) is 0 Å². The number of hydrogen-bond donors (Lipinski definition) is 1. The summed E-state index contributed by atoms with van der Waals surface area (Å²) in [4.78, 5) is 2.56. The molecule has 0 aromatic heterocycles. The van der Waals surface area contributed by atoms with Crippen molar-refractivity contribution >= 4 is 0 Å². The number of hydrogen-bond acceptors (Lipinski definition) is 4. The van der Waals surface area contributed by atoms with E-state index in [1.807, 2.05) is 0 Å². The number of piperazine rings is 1. The molecule has 2 saturated heterocycles. The first-order valence-corrected chi connectivity index (χ1v) is 7.68. The molecule has 0 bridgehead atoms. The van der Waals surface area contributed by atoms with Crippen molar-refractivity contribution in [1.29, 1.82) is 0 Å². The zero-order valence-electron chi connectivity index (χ0n) is 11.8. The Morgan fingerprint density at radius 1 is 1.15 bits per heavy atom. The standard InChI is InChI=1S/C16H22N2O2/c1-2-4-15-14(3-1)13(11-16(15)19-9-10-20-16)12-18-7-5-17-6-8-18/h1-4,13,17H,5-12H2/t13-/m0/s1. The first-order valence-electron chi connectivity index (χ1n) is 7.68. The summed E-state index contributed by atoms with van der Waals surface area (Å²) in [6.45, 7) is 7.05. The Labute approximate surface area is 120 Å². The van der Waals surface area contributed by atoms with Crippen LogP contribution in [0.1, 0.15) is 23.5 Å². The number of ether oxygens (including phenoxy) is 2. The van der Waals surface area contributed by atoms with E-state index in [0.717, 1.165) is 39.1 Å². The third kappa shape index (κ3) is 2.07. The lowest BCUT2D eigenvalue weighted by molar-refractivity contribution is -0.166. The first kappa shape index (κ1) is 12.8. The monoisotopic (exact) mass is 274 g/mol. The predicted octanol–water partition coefficient (Wildman–Crippen LogP) is 1.28. The molecule has 0 amide bonds. The summed E-state index contributed by atoms with van der Waals surface area (Å²) in [7, 11) is 0. The summed E-state index contributed by atoms with van der Waals surface area (Å²) in [6.07, 6.45) is 0.969. The molecule has 4 rings (SSSR count). The fourth-order valence-electron chi connectivity index (χ4n) is 3.84. The smallest absolute Gasteiger partial charge is 0.195 e. The molecule has 1 atom stereocenters. The maximum absolute atomic E-state index is 5.99. The molecule has 1 N–H and O–H groups in total. The number of benzene rings is 1. The average Bonchev–Trinajstić information content (AvgIpc) is 3.08. The molecule has 1 spiro atoms. The van der Waals surface area contributed by atoms with Crippen LogP contribution in [0.25, 0.3) is 0 Å². The van der Waals surface area contributed by atoms with Gasteiger partial charge in [0.1, 0.15) is 0 Å². The number of nitrogens with one attached hydrogen (secondary N) is 1. The van der Waals surface area contributed by atoms with E-state index in [-0.39, 0.29) is 0 Å². The molecule has 1 aliphatic carbocycles. The molecular weight excluding hydrogens is 252 g/mol. The second-order valence-electron chi connectivity index (χ2n) is 5.99. The Morgan fingerprint density at radius 3 is 2.70 bits per heavy atom. The molecule has 0 unspecified atom stereocenters. The minimum atomic E-state index is -0.449. The van der Waals surface area contributed by atoms with Crippen LogP contribution in [0.3, 0.4) is 0 Å². The molecule has 1 aromatic rings. The lowest BCUT2D eigenvalue weighted by atomic mass is 10.0. The highest BCUT2D eigenvalue weighted by molar-refractivity contribution is 5.40. The van der Waals surface area contributed by atoms with Gasteiger partial charge in [0.05, 0.1) is 13.2 Å². The molecule has 0 saturated carbocycles. The van der Waals surface area contributed by atoms with Gasteiger partial charge in [0.25, 0.3) is 0 Å². The highest BCUT2D eigenvalue weighted by Gasteiger charge is 2.48. The summed E-state index contributed by atoms with van der Waals surface area (Å²) in [5, 5.41) is 3.42. The Hall–Kier alpha value is -0.940. The van der Waals surface area contributed by atoms with Gasteiger partial charge in [-0.05, 0) is 5.56 Å². The van der Waals surface area contributed by atoms with Gasteiger partial charge in [0, 0.05) is 50.6 Å². The van der Waals surface area contributed by atoms with Crippen LogP contribution in [-0.4, -0.2) is 50.8 Å². The molecule has 4 heteroatoms. The highest BCUT2D eigenvalue weighted by Crippen LogP contribution is 2.49. The van der Waals surface area contributed by atoms with Crippen molar-refractivity contribution in [2.75, 3.05) is 45.9 Å². The molecule has 20 heavy (non-hydrogen) atoms. The fourth-order valence-corrected chi connectivity index (χ4v) is 3.84. The van der Waals surface area contributed by atoms with Gasteiger partial charge >= 0.3 is 0 Å². The van der Waals surface area contributed by atoms with Crippen LogP contribution < -0.4 is 5.32 Å². The Morgan fingerprint density at radius 2 is 1.90 bits per heavy atom. The van der Waals surface area contributed by atoms with Gasteiger partial charge in [-0.3, -0.25) is 0 Å². The van der Waals surface area contributed by atoms with Gasteiger partial charge in [-0.2, -0.15) is 0 Å². The summed E-state index contributed by atoms with van der Waals surface area (Å²) in [5.41, 5.74) is 2.69. The Kier molecular flexibility index (Phi) is 3.27. The zero-order chi connectivity index (χ0) is 13.4. The van der Waals surface area contributed by atoms with Crippen LogP contribution in [0, 0.1) is 0 Å². The van der Waals surface area contributed by atoms with E-state index in [1.165, 1.54) is 11.1 Å². The SMILES string of the molecule is c1ccc2c(c1)[C@H](CN1CCNCC1)CC21OCCO1. The molecule has 2 aliphatic heterocycles. The van der Waals surface area contributed by atoms with E-state index < -0.39 is 5.79 Å². The zero-order valence-corrected chi connectivity index (χ0v) is 11.8. The van der Waals surface area contributed by atoms with Crippen molar-refractivity contribution in [3.05, 3.63) is 35.4 Å². The Balaban J connectivity index is 1.59. The van der Waals surface area contributed by atoms with E-state index in [1.54, 1.807) is 0 Å². The topological polar surface area (TPSA) is 33.7 Å². The van der Waals surface area contributed by atoms with Gasteiger partial charge in [-0.15, -0.1) is 0 Å². The van der Waals surface area contributed by atoms with E-state index in [2.05, 4.69) is 34.5 Å². The molecule has 2 heterocycles. The summed E-state index contributed by atoms with van der Waals surface area (Å²) >= 11 is 0. The van der Waals surface area contributed by atoms with Crippen LogP contribution in [0.5, 0.6) is 0 Å². The van der Waals surface area contributed by atoms with E-state index in [0.29, 0.717) is 19.1 Å². The van der Waals surface area contributed by atoms with Crippen LogP contribution >= 0.6 is 0 Å². The maximum Gasteiger partial charge on any atom is 0.195 e. The normalized spacial score (nSPS) is 28.9. The van der Waals surface area contributed by atoms with Crippen LogP contribution in [0.15, 0.2) is 24.3 Å². The Bertz CT molecular complexity index is 479. The molecule has 2 fully saturated rings. The van der Waals surface area contributed by atoms with Crippen LogP contribution in [0.4, 0.5) is 0 Å². The quantitative estimate of drug-likeness (QED) is 0.881. The minimum absolute atomic E-state index is 0.449. The molecular formula is C16H22N2O2. The second-order valence-corrected chi connectivity index (χ2v) is 5.99. The second kappa shape index (κ2) is 5.11. The molecule has 4 nitrogen and oxygen atoms in total. The average molecular weight is 274 g/mol. The molecule has 0 radical (unpaired) electrons. The molecule has 1 aromatic carbocycles. The van der Waals surface area contributed by atoms with Crippen LogP contribution in [0.2, 0.25) is 0 Å². The third-order valence-corrected chi connectivity index (χ3v) is 4.77. The van der Waals surface area contributed by atoms with Gasteiger partial charge in [-0.25, -0.2) is 0 Å². The molecule has 108 valence electrons. The lowest BCUT2D eigenvalue weighted by Crippen LogP contribution is -2.44. The highest BCUT2D eigenvalue weighted by atomic mass is 16.7. The summed E-state index contributed by atoms with van der Waals surface area (Å²) in [6, 6.07) is 8.66. The van der Waals surface area contributed by atoms with Crippen molar-refractivity contribution < 1.29 is 9.47 Å².